The third kappa shape index (κ3) is 3.55. The van der Waals surface area contributed by atoms with Crippen molar-refractivity contribution in [1.82, 2.24) is 14.9 Å². The predicted molar refractivity (Wildman–Crippen MR) is 96.1 cm³/mol. The van der Waals surface area contributed by atoms with E-state index in [1.807, 2.05) is 18.9 Å². The number of hydrogen-bond donors (Lipinski definition) is 0. The van der Waals surface area contributed by atoms with Crippen LogP contribution in [0.4, 0.5) is 5.82 Å². The Kier molecular flexibility index (Phi) is 4.79. The van der Waals surface area contributed by atoms with E-state index in [-0.39, 0.29) is 5.92 Å². The average molecular weight is 330 g/mol. The molecule has 3 rings (SSSR count). The summed E-state index contributed by atoms with van der Waals surface area (Å²) in [5.41, 5.74) is 1.03. The molecule has 2 aliphatic rings. The van der Waals surface area contributed by atoms with Crippen LogP contribution in [-0.2, 0) is 4.79 Å². The summed E-state index contributed by atoms with van der Waals surface area (Å²) >= 11 is 0. The van der Waals surface area contributed by atoms with Crippen molar-refractivity contribution >= 4 is 11.7 Å². The highest BCUT2D eigenvalue weighted by Crippen LogP contribution is 2.39. The Morgan fingerprint density at radius 2 is 1.92 bits per heavy atom. The van der Waals surface area contributed by atoms with Crippen molar-refractivity contribution in [1.29, 1.82) is 0 Å². The van der Waals surface area contributed by atoms with Crippen molar-refractivity contribution in [2.45, 2.75) is 58.9 Å². The number of amides is 1. The molecule has 132 valence electrons. The number of piperidine rings is 1. The molecule has 2 atom stereocenters. The molecular weight excluding hydrogens is 300 g/mol. The number of rotatable bonds is 4. The standard InChI is InChI=1S/C19H30N4O/c1-12(2)18-20-14(4)11-17(21-18)23-8-6-15(7-9-23)22(5)19(24)16-10-13(16)3/h11-13,15-16H,6-10H2,1-5H3/t13-,16-/m0/s1. The van der Waals surface area contributed by atoms with Crippen LogP contribution in [0, 0.1) is 18.8 Å². The lowest BCUT2D eigenvalue weighted by Crippen LogP contribution is -2.46. The minimum Gasteiger partial charge on any atom is -0.356 e. The van der Waals surface area contributed by atoms with Gasteiger partial charge in [0.15, 0.2) is 0 Å². The highest BCUT2D eigenvalue weighted by molar-refractivity contribution is 5.81. The lowest BCUT2D eigenvalue weighted by molar-refractivity contribution is -0.134. The summed E-state index contributed by atoms with van der Waals surface area (Å²) in [6, 6.07) is 2.45. The fourth-order valence-corrected chi connectivity index (χ4v) is 3.58. The first kappa shape index (κ1) is 17.2. The van der Waals surface area contributed by atoms with E-state index in [9.17, 15) is 4.79 Å². The van der Waals surface area contributed by atoms with Gasteiger partial charge in [-0.1, -0.05) is 20.8 Å². The van der Waals surface area contributed by atoms with Crippen molar-refractivity contribution in [3.63, 3.8) is 0 Å². The Labute approximate surface area is 145 Å². The Morgan fingerprint density at radius 1 is 1.29 bits per heavy atom. The second-order valence-electron chi connectivity index (χ2n) is 7.87. The van der Waals surface area contributed by atoms with Crippen LogP contribution in [0.1, 0.15) is 57.5 Å². The van der Waals surface area contributed by atoms with E-state index in [1.165, 1.54) is 0 Å². The molecule has 1 aliphatic heterocycles. The molecule has 1 saturated heterocycles. The summed E-state index contributed by atoms with van der Waals surface area (Å²) in [6.45, 7) is 10.4. The minimum atomic E-state index is 0.283. The quantitative estimate of drug-likeness (QED) is 0.851. The number of aromatic nitrogens is 2. The van der Waals surface area contributed by atoms with Crippen LogP contribution in [0.5, 0.6) is 0 Å². The molecule has 0 N–H and O–H groups in total. The van der Waals surface area contributed by atoms with Gasteiger partial charge in [-0.2, -0.15) is 0 Å². The Morgan fingerprint density at radius 3 is 2.46 bits per heavy atom. The van der Waals surface area contributed by atoms with Crippen LogP contribution in [0.2, 0.25) is 0 Å². The minimum absolute atomic E-state index is 0.283. The molecule has 0 aromatic carbocycles. The number of aryl methyl sites for hydroxylation is 1. The van der Waals surface area contributed by atoms with Crippen LogP contribution in [0.3, 0.4) is 0 Å². The van der Waals surface area contributed by atoms with Gasteiger partial charge in [0, 0.05) is 49.8 Å². The zero-order valence-corrected chi connectivity index (χ0v) is 15.6. The van der Waals surface area contributed by atoms with Gasteiger partial charge in [0.2, 0.25) is 5.91 Å². The monoisotopic (exact) mass is 330 g/mol. The summed E-state index contributed by atoms with van der Waals surface area (Å²) in [6.07, 6.45) is 3.10. The van der Waals surface area contributed by atoms with E-state index in [4.69, 9.17) is 4.98 Å². The molecule has 5 nitrogen and oxygen atoms in total. The predicted octanol–water partition coefficient (Wildman–Crippen LogP) is 2.99. The molecular formula is C19H30N4O. The molecule has 0 radical (unpaired) electrons. The van der Waals surface area contributed by atoms with Gasteiger partial charge >= 0.3 is 0 Å². The smallest absolute Gasteiger partial charge is 0.225 e. The molecule has 0 spiro atoms. The summed E-state index contributed by atoms with van der Waals surface area (Å²) < 4.78 is 0. The zero-order chi connectivity index (χ0) is 17.4. The van der Waals surface area contributed by atoms with Crippen molar-refractivity contribution in [3.8, 4) is 0 Å². The van der Waals surface area contributed by atoms with Crippen LogP contribution >= 0.6 is 0 Å². The zero-order valence-electron chi connectivity index (χ0n) is 15.6. The van der Waals surface area contributed by atoms with Gasteiger partial charge in [-0.3, -0.25) is 4.79 Å². The van der Waals surface area contributed by atoms with E-state index in [1.54, 1.807) is 0 Å². The number of carbonyl (C=O) groups excluding carboxylic acids is 1. The van der Waals surface area contributed by atoms with Crippen LogP contribution < -0.4 is 4.90 Å². The molecule has 24 heavy (non-hydrogen) atoms. The third-order valence-electron chi connectivity index (χ3n) is 5.48. The molecule has 1 saturated carbocycles. The van der Waals surface area contributed by atoms with Crippen molar-refractivity contribution in [2.24, 2.45) is 11.8 Å². The Balaban J connectivity index is 1.62. The first-order chi connectivity index (χ1) is 11.4. The van der Waals surface area contributed by atoms with Gasteiger partial charge in [-0.25, -0.2) is 9.97 Å². The Bertz CT molecular complexity index is 607. The molecule has 2 fully saturated rings. The summed E-state index contributed by atoms with van der Waals surface area (Å²) in [5.74, 6) is 3.51. The molecule has 1 aromatic heterocycles. The molecule has 1 amide bonds. The molecule has 5 heteroatoms. The van der Waals surface area contributed by atoms with Crippen molar-refractivity contribution in [3.05, 3.63) is 17.6 Å². The van der Waals surface area contributed by atoms with E-state index in [0.29, 0.717) is 23.8 Å². The lowest BCUT2D eigenvalue weighted by Gasteiger charge is -2.37. The van der Waals surface area contributed by atoms with Crippen molar-refractivity contribution < 1.29 is 4.79 Å². The van der Waals surface area contributed by atoms with E-state index >= 15 is 0 Å². The number of hydrogen-bond acceptors (Lipinski definition) is 4. The van der Waals surface area contributed by atoms with Gasteiger partial charge in [-0.05, 0) is 32.1 Å². The van der Waals surface area contributed by atoms with Crippen LogP contribution in [0.25, 0.3) is 0 Å². The average Bonchev–Trinajstić information content (AvgIpc) is 3.30. The SMILES string of the molecule is Cc1cc(N2CCC(N(C)C(=O)[C@H]3C[C@@H]3C)CC2)nc(C(C)C)n1. The molecule has 1 aromatic rings. The second-order valence-corrected chi connectivity index (χ2v) is 7.87. The van der Waals surface area contributed by atoms with Gasteiger partial charge in [0.05, 0.1) is 0 Å². The molecule has 0 unspecified atom stereocenters. The van der Waals surface area contributed by atoms with Gasteiger partial charge in [0.25, 0.3) is 0 Å². The fourth-order valence-electron chi connectivity index (χ4n) is 3.58. The van der Waals surface area contributed by atoms with Gasteiger partial charge in [-0.15, -0.1) is 0 Å². The molecule has 0 bridgehead atoms. The van der Waals surface area contributed by atoms with Gasteiger partial charge in [0.1, 0.15) is 11.6 Å². The number of nitrogens with zero attached hydrogens (tertiary/aromatic N) is 4. The second kappa shape index (κ2) is 6.69. The third-order valence-corrected chi connectivity index (χ3v) is 5.48. The maximum Gasteiger partial charge on any atom is 0.225 e. The number of carbonyl (C=O) groups is 1. The maximum atomic E-state index is 12.4. The highest BCUT2D eigenvalue weighted by Gasteiger charge is 2.42. The number of anilines is 1. The Hall–Kier alpha value is -1.65. The van der Waals surface area contributed by atoms with E-state index in [2.05, 4.69) is 36.7 Å². The summed E-state index contributed by atoms with van der Waals surface area (Å²) in [4.78, 5) is 26.1. The first-order valence-corrected chi connectivity index (χ1v) is 9.24. The topological polar surface area (TPSA) is 49.3 Å². The maximum absolute atomic E-state index is 12.4. The van der Waals surface area contributed by atoms with E-state index < -0.39 is 0 Å². The van der Waals surface area contributed by atoms with Crippen molar-refractivity contribution in [2.75, 3.05) is 25.0 Å². The summed E-state index contributed by atoms with van der Waals surface area (Å²) in [7, 11) is 1.99. The van der Waals surface area contributed by atoms with Crippen LogP contribution in [0.15, 0.2) is 6.07 Å². The van der Waals surface area contributed by atoms with E-state index in [0.717, 1.165) is 49.7 Å². The van der Waals surface area contributed by atoms with Gasteiger partial charge < -0.3 is 9.80 Å². The summed E-state index contributed by atoms with van der Waals surface area (Å²) in [5, 5.41) is 0. The molecule has 1 aliphatic carbocycles. The lowest BCUT2D eigenvalue weighted by atomic mass is 10.0. The normalized spacial score (nSPS) is 24.3. The highest BCUT2D eigenvalue weighted by atomic mass is 16.2. The first-order valence-electron chi connectivity index (χ1n) is 9.24. The molecule has 2 heterocycles. The largest absolute Gasteiger partial charge is 0.356 e. The fraction of sp³-hybridized carbons (Fsp3) is 0.737. The van der Waals surface area contributed by atoms with Crippen LogP contribution in [-0.4, -0.2) is 47.0 Å².